The topological polar surface area (TPSA) is 64.8 Å². The Hall–Kier alpha value is -0.810. The first kappa shape index (κ1) is 14.6. The van der Waals surface area contributed by atoms with E-state index in [1.54, 1.807) is 0 Å². The van der Waals surface area contributed by atoms with Gasteiger partial charge in [0.05, 0.1) is 12.2 Å². The molecular formula is C14H26N2O3. The molecule has 110 valence electrons. The summed E-state index contributed by atoms with van der Waals surface area (Å²) >= 11 is 0. The van der Waals surface area contributed by atoms with E-state index in [0.717, 1.165) is 19.3 Å². The molecule has 2 fully saturated rings. The summed E-state index contributed by atoms with van der Waals surface area (Å²) in [6.07, 6.45) is 2.38. The Morgan fingerprint density at radius 2 is 2.11 bits per heavy atom. The van der Waals surface area contributed by atoms with Crippen molar-refractivity contribution in [2.45, 2.75) is 70.2 Å². The molecule has 0 aromatic carbocycles. The predicted molar refractivity (Wildman–Crippen MR) is 72.9 cm³/mol. The number of nitrogens with two attached hydrogens (primary N) is 1. The molecule has 3 unspecified atom stereocenters. The van der Waals surface area contributed by atoms with E-state index in [-0.39, 0.29) is 23.8 Å². The van der Waals surface area contributed by atoms with Gasteiger partial charge in [-0.3, -0.25) is 0 Å². The van der Waals surface area contributed by atoms with E-state index in [1.807, 2.05) is 25.7 Å². The van der Waals surface area contributed by atoms with Gasteiger partial charge in [-0.1, -0.05) is 0 Å². The second kappa shape index (κ2) is 4.94. The van der Waals surface area contributed by atoms with Crippen molar-refractivity contribution >= 4 is 6.09 Å². The molecule has 2 rings (SSSR count). The van der Waals surface area contributed by atoms with Crippen LogP contribution in [0.5, 0.6) is 0 Å². The highest BCUT2D eigenvalue weighted by molar-refractivity contribution is 5.68. The van der Waals surface area contributed by atoms with E-state index in [9.17, 15) is 4.79 Å². The fourth-order valence-electron chi connectivity index (χ4n) is 3.08. The average Bonchev–Trinajstić information content (AvgIpc) is 2.57. The third-order valence-electron chi connectivity index (χ3n) is 3.87. The van der Waals surface area contributed by atoms with E-state index in [1.165, 1.54) is 0 Å². The monoisotopic (exact) mass is 270 g/mol. The Morgan fingerprint density at radius 1 is 1.42 bits per heavy atom. The summed E-state index contributed by atoms with van der Waals surface area (Å²) in [7, 11) is 0. The molecule has 2 aliphatic heterocycles. The number of rotatable bonds is 0. The summed E-state index contributed by atoms with van der Waals surface area (Å²) in [4.78, 5) is 13.9. The quantitative estimate of drug-likeness (QED) is 0.730. The number of likely N-dealkylation sites (tertiary alicyclic amines) is 1. The minimum Gasteiger partial charge on any atom is -0.444 e. The van der Waals surface area contributed by atoms with Gasteiger partial charge in [0.2, 0.25) is 0 Å². The summed E-state index contributed by atoms with van der Waals surface area (Å²) < 4.78 is 11.3. The number of carbonyl (C=O) groups is 1. The van der Waals surface area contributed by atoms with E-state index >= 15 is 0 Å². The minimum absolute atomic E-state index is 0.114. The van der Waals surface area contributed by atoms with Crippen LogP contribution in [0.3, 0.4) is 0 Å². The van der Waals surface area contributed by atoms with Crippen molar-refractivity contribution in [1.82, 2.24) is 4.90 Å². The molecule has 0 radical (unpaired) electrons. The van der Waals surface area contributed by atoms with Gasteiger partial charge in [0.1, 0.15) is 5.60 Å². The van der Waals surface area contributed by atoms with Crippen LogP contribution in [-0.4, -0.2) is 47.4 Å². The smallest absolute Gasteiger partial charge is 0.410 e. The molecule has 0 saturated carbocycles. The Bertz CT molecular complexity index is 353. The number of nitrogens with zero attached hydrogens (tertiary/aromatic N) is 1. The van der Waals surface area contributed by atoms with Crippen LogP contribution in [0.1, 0.15) is 47.0 Å². The Labute approximate surface area is 115 Å². The molecule has 2 N–H and O–H groups in total. The lowest BCUT2D eigenvalue weighted by Crippen LogP contribution is -2.52. The molecule has 1 spiro atoms. The van der Waals surface area contributed by atoms with Crippen LogP contribution in [0.15, 0.2) is 0 Å². The fraction of sp³-hybridized carbons (Fsp3) is 0.929. The SMILES string of the molecule is CC1CC2(CCN1C(=O)OC(C)(C)C)CC(N)CO2. The normalized spacial score (nSPS) is 35.7. The predicted octanol–water partition coefficient (Wildman–Crippen LogP) is 1.89. The number of carbonyl (C=O) groups excluding carboxylic acids is 1. The van der Waals surface area contributed by atoms with Crippen LogP contribution in [0.25, 0.3) is 0 Å². The largest absolute Gasteiger partial charge is 0.444 e. The van der Waals surface area contributed by atoms with Gasteiger partial charge in [-0.15, -0.1) is 0 Å². The zero-order chi connectivity index (χ0) is 14.3. The third kappa shape index (κ3) is 3.39. The van der Waals surface area contributed by atoms with E-state index < -0.39 is 5.60 Å². The molecule has 5 heteroatoms. The maximum Gasteiger partial charge on any atom is 0.410 e. The number of piperidine rings is 1. The van der Waals surface area contributed by atoms with Crippen LogP contribution in [0.2, 0.25) is 0 Å². The van der Waals surface area contributed by atoms with E-state index in [2.05, 4.69) is 6.92 Å². The lowest BCUT2D eigenvalue weighted by molar-refractivity contribution is -0.0648. The molecule has 0 aromatic rings. The van der Waals surface area contributed by atoms with Crippen molar-refractivity contribution in [3.63, 3.8) is 0 Å². The maximum absolute atomic E-state index is 12.1. The van der Waals surface area contributed by atoms with Crippen LogP contribution < -0.4 is 5.73 Å². The highest BCUT2D eigenvalue weighted by Crippen LogP contribution is 2.38. The fourth-order valence-corrected chi connectivity index (χ4v) is 3.08. The molecule has 0 aliphatic carbocycles. The molecule has 0 aromatic heterocycles. The number of amides is 1. The second-order valence-corrected chi connectivity index (χ2v) is 6.94. The summed E-state index contributed by atoms with van der Waals surface area (Å²) in [5, 5.41) is 0. The molecule has 0 bridgehead atoms. The van der Waals surface area contributed by atoms with Gasteiger partial charge in [-0.2, -0.15) is 0 Å². The Kier molecular flexibility index (Phi) is 3.80. The molecule has 2 heterocycles. The van der Waals surface area contributed by atoms with Crippen LogP contribution >= 0.6 is 0 Å². The van der Waals surface area contributed by atoms with Crippen molar-refractivity contribution in [3.8, 4) is 0 Å². The zero-order valence-corrected chi connectivity index (χ0v) is 12.4. The van der Waals surface area contributed by atoms with Crippen LogP contribution in [0, 0.1) is 0 Å². The molecule has 5 nitrogen and oxygen atoms in total. The van der Waals surface area contributed by atoms with Crippen molar-refractivity contribution in [1.29, 1.82) is 0 Å². The summed E-state index contributed by atoms with van der Waals surface area (Å²) in [6.45, 7) is 9.04. The molecule has 3 atom stereocenters. The van der Waals surface area contributed by atoms with Gasteiger partial charge in [0.15, 0.2) is 0 Å². The molecular weight excluding hydrogens is 244 g/mol. The summed E-state index contributed by atoms with van der Waals surface area (Å²) in [6, 6.07) is 0.272. The summed E-state index contributed by atoms with van der Waals surface area (Å²) in [5.74, 6) is 0. The number of ether oxygens (including phenoxy) is 2. The van der Waals surface area contributed by atoms with Gasteiger partial charge in [0.25, 0.3) is 0 Å². The average molecular weight is 270 g/mol. The molecule has 2 aliphatic rings. The first-order chi connectivity index (χ1) is 8.71. The number of hydrogen-bond acceptors (Lipinski definition) is 4. The first-order valence-electron chi connectivity index (χ1n) is 7.10. The lowest BCUT2D eigenvalue weighted by atomic mass is 9.84. The molecule has 19 heavy (non-hydrogen) atoms. The molecule has 1 amide bonds. The minimum atomic E-state index is -0.446. The summed E-state index contributed by atoms with van der Waals surface area (Å²) in [5.41, 5.74) is 5.37. The number of hydrogen-bond donors (Lipinski definition) is 1. The van der Waals surface area contributed by atoms with Gasteiger partial charge in [-0.25, -0.2) is 4.79 Å². The standard InChI is InChI=1S/C14H26N2O3/c1-10-7-14(8-11(15)9-18-14)5-6-16(10)12(17)19-13(2,3)4/h10-11H,5-9,15H2,1-4H3. The highest BCUT2D eigenvalue weighted by atomic mass is 16.6. The van der Waals surface area contributed by atoms with E-state index in [4.69, 9.17) is 15.2 Å². The Balaban J connectivity index is 1.95. The van der Waals surface area contributed by atoms with Gasteiger partial charge < -0.3 is 20.1 Å². The van der Waals surface area contributed by atoms with Crippen molar-refractivity contribution in [3.05, 3.63) is 0 Å². The van der Waals surface area contributed by atoms with Crippen molar-refractivity contribution < 1.29 is 14.3 Å². The van der Waals surface area contributed by atoms with Crippen molar-refractivity contribution in [2.75, 3.05) is 13.2 Å². The van der Waals surface area contributed by atoms with Crippen LogP contribution in [-0.2, 0) is 9.47 Å². The van der Waals surface area contributed by atoms with Gasteiger partial charge in [-0.05, 0) is 47.0 Å². The zero-order valence-electron chi connectivity index (χ0n) is 12.4. The van der Waals surface area contributed by atoms with E-state index in [0.29, 0.717) is 13.2 Å². The lowest BCUT2D eigenvalue weighted by Gasteiger charge is -2.43. The second-order valence-electron chi connectivity index (χ2n) is 6.94. The Morgan fingerprint density at radius 3 is 2.58 bits per heavy atom. The first-order valence-corrected chi connectivity index (χ1v) is 7.10. The molecule has 2 saturated heterocycles. The highest BCUT2D eigenvalue weighted by Gasteiger charge is 2.45. The maximum atomic E-state index is 12.1. The van der Waals surface area contributed by atoms with Gasteiger partial charge >= 0.3 is 6.09 Å². The van der Waals surface area contributed by atoms with Crippen molar-refractivity contribution in [2.24, 2.45) is 5.73 Å². The van der Waals surface area contributed by atoms with Crippen LogP contribution in [0.4, 0.5) is 4.79 Å². The van der Waals surface area contributed by atoms with Gasteiger partial charge in [0, 0.05) is 18.6 Å². The third-order valence-corrected chi connectivity index (χ3v) is 3.87.